The zero-order valence-corrected chi connectivity index (χ0v) is 8.00. The molecule has 13 heavy (non-hydrogen) atoms. The van der Waals surface area contributed by atoms with Gasteiger partial charge < -0.3 is 0 Å². The van der Waals surface area contributed by atoms with Crippen LogP contribution in [0.25, 0.3) is 5.52 Å². The van der Waals surface area contributed by atoms with E-state index in [9.17, 15) is 8.78 Å². The fourth-order valence-corrected chi connectivity index (χ4v) is 1.41. The maximum Gasteiger partial charge on any atom is 0.282 e. The molecule has 0 fully saturated rings. The van der Waals surface area contributed by atoms with E-state index in [1.807, 2.05) is 0 Å². The van der Waals surface area contributed by atoms with E-state index in [-0.39, 0.29) is 5.69 Å². The van der Waals surface area contributed by atoms with Crippen LogP contribution in [0, 0.1) is 0 Å². The van der Waals surface area contributed by atoms with Crippen molar-refractivity contribution in [2.24, 2.45) is 0 Å². The first kappa shape index (κ1) is 8.62. The molecule has 0 bridgehead atoms. The lowest BCUT2D eigenvalue weighted by atomic mass is 10.4. The summed E-state index contributed by atoms with van der Waals surface area (Å²) in [5.74, 6) is 0. The molecule has 2 nitrogen and oxygen atoms in total. The second-order valence-corrected chi connectivity index (χ2v) is 3.50. The molecular formula is C8H5BrF2N2. The third-order valence-corrected chi connectivity index (χ3v) is 2.14. The number of rotatable bonds is 1. The lowest BCUT2D eigenvalue weighted by molar-refractivity contribution is 0.145. The Labute approximate surface area is 81.3 Å². The van der Waals surface area contributed by atoms with E-state index in [0.717, 1.165) is 4.47 Å². The van der Waals surface area contributed by atoms with Gasteiger partial charge in [0.1, 0.15) is 5.69 Å². The molecule has 2 aromatic rings. The van der Waals surface area contributed by atoms with E-state index in [1.54, 1.807) is 18.3 Å². The molecule has 0 radical (unpaired) electrons. The second-order valence-electron chi connectivity index (χ2n) is 2.59. The minimum atomic E-state index is -2.52. The van der Waals surface area contributed by atoms with Crippen molar-refractivity contribution in [3.63, 3.8) is 0 Å². The number of pyridine rings is 1. The van der Waals surface area contributed by atoms with Crippen molar-refractivity contribution in [2.75, 3.05) is 0 Å². The summed E-state index contributed by atoms with van der Waals surface area (Å²) < 4.78 is 26.7. The fraction of sp³-hybridized carbons (Fsp3) is 0.125. The van der Waals surface area contributed by atoms with Crippen LogP contribution < -0.4 is 0 Å². The summed E-state index contributed by atoms with van der Waals surface area (Å²) in [5.41, 5.74) is 0.469. The summed E-state index contributed by atoms with van der Waals surface area (Å²) in [6, 6.07) is 4.88. The van der Waals surface area contributed by atoms with E-state index in [4.69, 9.17) is 0 Å². The number of halogens is 3. The van der Waals surface area contributed by atoms with E-state index < -0.39 is 6.43 Å². The maximum atomic E-state index is 12.2. The Balaban J connectivity index is 2.62. The highest BCUT2D eigenvalue weighted by Crippen LogP contribution is 2.20. The van der Waals surface area contributed by atoms with Crippen molar-refractivity contribution >= 4 is 21.4 Å². The highest BCUT2D eigenvalue weighted by Gasteiger charge is 2.11. The van der Waals surface area contributed by atoms with Gasteiger partial charge in [-0.3, -0.25) is 0 Å². The monoisotopic (exact) mass is 246 g/mol. The van der Waals surface area contributed by atoms with Gasteiger partial charge in [0.15, 0.2) is 0 Å². The molecule has 2 aromatic heterocycles. The van der Waals surface area contributed by atoms with E-state index in [0.29, 0.717) is 5.52 Å². The van der Waals surface area contributed by atoms with Crippen LogP contribution in [0.1, 0.15) is 12.1 Å². The van der Waals surface area contributed by atoms with Crippen LogP contribution in [0.2, 0.25) is 0 Å². The van der Waals surface area contributed by atoms with Gasteiger partial charge in [-0.15, -0.1) is 0 Å². The Morgan fingerprint density at radius 2 is 2.15 bits per heavy atom. The van der Waals surface area contributed by atoms with Gasteiger partial charge in [-0.1, -0.05) is 0 Å². The van der Waals surface area contributed by atoms with Crippen LogP contribution in [0.3, 0.4) is 0 Å². The standard InChI is InChI=1S/C8H5BrF2N2/c9-5-1-2-6-3-7(8(10)11)12-13(6)4-5/h1-4,8H. The Hall–Kier alpha value is -0.970. The van der Waals surface area contributed by atoms with Gasteiger partial charge in [0.2, 0.25) is 0 Å². The molecule has 0 atom stereocenters. The number of hydrogen-bond acceptors (Lipinski definition) is 1. The van der Waals surface area contributed by atoms with Crippen LogP contribution in [0.5, 0.6) is 0 Å². The molecule has 0 amide bonds. The molecule has 0 aromatic carbocycles. The zero-order valence-electron chi connectivity index (χ0n) is 6.42. The van der Waals surface area contributed by atoms with Crippen molar-refractivity contribution in [3.8, 4) is 0 Å². The summed E-state index contributed by atoms with van der Waals surface area (Å²) in [7, 11) is 0. The summed E-state index contributed by atoms with van der Waals surface area (Å²) in [6.45, 7) is 0. The van der Waals surface area contributed by atoms with Crippen molar-refractivity contribution in [1.82, 2.24) is 9.61 Å². The Kier molecular flexibility index (Phi) is 2.03. The summed E-state index contributed by atoms with van der Waals surface area (Å²) >= 11 is 3.23. The van der Waals surface area contributed by atoms with Crippen LogP contribution in [0.15, 0.2) is 28.9 Å². The largest absolute Gasteiger partial charge is 0.282 e. The van der Waals surface area contributed by atoms with Crippen LogP contribution >= 0.6 is 15.9 Å². The van der Waals surface area contributed by atoms with Crippen LogP contribution in [-0.4, -0.2) is 9.61 Å². The zero-order chi connectivity index (χ0) is 9.42. The molecule has 0 N–H and O–H groups in total. The smallest absolute Gasteiger partial charge is 0.239 e. The summed E-state index contributed by atoms with van der Waals surface area (Å²) in [4.78, 5) is 0. The van der Waals surface area contributed by atoms with Gasteiger partial charge in [-0.25, -0.2) is 13.3 Å². The Morgan fingerprint density at radius 3 is 2.85 bits per heavy atom. The quantitative estimate of drug-likeness (QED) is 0.757. The number of nitrogens with zero attached hydrogens (tertiary/aromatic N) is 2. The molecule has 2 rings (SSSR count). The van der Waals surface area contributed by atoms with E-state index in [2.05, 4.69) is 21.0 Å². The number of hydrogen-bond donors (Lipinski definition) is 0. The lowest BCUT2D eigenvalue weighted by Gasteiger charge is -1.92. The molecule has 0 saturated carbocycles. The first-order chi connectivity index (χ1) is 6.16. The van der Waals surface area contributed by atoms with E-state index in [1.165, 1.54) is 10.6 Å². The number of alkyl halides is 2. The number of fused-ring (bicyclic) bond motifs is 1. The molecule has 0 unspecified atom stereocenters. The molecule has 0 aliphatic heterocycles. The SMILES string of the molecule is FC(F)c1cc2ccc(Br)cn2n1. The highest BCUT2D eigenvalue weighted by molar-refractivity contribution is 9.10. The third kappa shape index (κ3) is 1.56. The lowest BCUT2D eigenvalue weighted by Crippen LogP contribution is -1.88. The normalized spacial score (nSPS) is 11.4. The average molecular weight is 247 g/mol. The van der Waals surface area contributed by atoms with Gasteiger partial charge in [0, 0.05) is 10.7 Å². The maximum absolute atomic E-state index is 12.2. The first-order valence-corrected chi connectivity index (χ1v) is 4.39. The van der Waals surface area contributed by atoms with Gasteiger partial charge in [0.25, 0.3) is 6.43 Å². The summed E-state index contributed by atoms with van der Waals surface area (Å²) in [5, 5.41) is 3.71. The topological polar surface area (TPSA) is 17.3 Å². The van der Waals surface area contributed by atoms with Gasteiger partial charge in [-0.05, 0) is 34.1 Å². The van der Waals surface area contributed by atoms with Crippen LogP contribution in [0.4, 0.5) is 8.78 Å². The predicted molar refractivity (Wildman–Crippen MR) is 47.8 cm³/mol. The molecular weight excluding hydrogens is 242 g/mol. The van der Waals surface area contributed by atoms with Gasteiger partial charge in [-0.2, -0.15) is 5.10 Å². The molecule has 5 heteroatoms. The van der Waals surface area contributed by atoms with Crippen molar-refractivity contribution < 1.29 is 8.78 Å². The molecule has 0 spiro atoms. The van der Waals surface area contributed by atoms with Gasteiger partial charge in [0.05, 0.1) is 5.52 Å². The van der Waals surface area contributed by atoms with Crippen LogP contribution in [-0.2, 0) is 0 Å². The highest BCUT2D eigenvalue weighted by atomic mass is 79.9. The first-order valence-electron chi connectivity index (χ1n) is 3.60. The van der Waals surface area contributed by atoms with Gasteiger partial charge >= 0.3 is 0 Å². The Bertz CT molecular complexity index is 439. The molecule has 0 aliphatic rings. The molecule has 0 saturated heterocycles. The summed E-state index contributed by atoms with van der Waals surface area (Å²) in [6.07, 6.45) is -0.875. The minimum absolute atomic E-state index is 0.196. The van der Waals surface area contributed by atoms with E-state index >= 15 is 0 Å². The number of aromatic nitrogens is 2. The van der Waals surface area contributed by atoms with Crippen molar-refractivity contribution in [1.29, 1.82) is 0 Å². The molecule has 68 valence electrons. The molecule has 2 heterocycles. The average Bonchev–Trinajstić information content (AvgIpc) is 2.46. The van der Waals surface area contributed by atoms with Crippen molar-refractivity contribution in [3.05, 3.63) is 34.6 Å². The second kappa shape index (κ2) is 3.06. The third-order valence-electron chi connectivity index (χ3n) is 1.67. The molecule has 0 aliphatic carbocycles. The van der Waals surface area contributed by atoms with Crippen molar-refractivity contribution in [2.45, 2.75) is 6.43 Å². The minimum Gasteiger partial charge on any atom is -0.239 e. The Morgan fingerprint density at radius 1 is 1.38 bits per heavy atom. The predicted octanol–water partition coefficient (Wildman–Crippen LogP) is 3.03. The fourth-order valence-electron chi connectivity index (χ4n) is 1.09.